The number of amides is 1. The van der Waals surface area contributed by atoms with Crippen molar-refractivity contribution in [3.63, 3.8) is 0 Å². The number of rotatable bonds is 3. The van der Waals surface area contributed by atoms with E-state index in [4.69, 9.17) is 5.73 Å². The van der Waals surface area contributed by atoms with Crippen molar-refractivity contribution >= 4 is 23.0 Å². The lowest BCUT2D eigenvalue weighted by molar-refractivity contribution is 0.160. The Kier molecular flexibility index (Phi) is 4.15. The summed E-state index contributed by atoms with van der Waals surface area (Å²) in [5.41, 5.74) is 5.15. The van der Waals surface area contributed by atoms with Crippen molar-refractivity contribution in [3.8, 4) is 0 Å². The highest BCUT2D eigenvalue weighted by atomic mass is 32.2. The second kappa shape index (κ2) is 5.62. The third-order valence-corrected chi connectivity index (χ3v) is 4.46. The Hall–Kier alpha value is -0.910. The molecule has 1 aliphatic carbocycles. The molecular formula is C11H19N3O2S. The lowest BCUT2D eigenvalue weighted by atomic mass is 9.83. The number of thioether (sulfide) groups is 1. The Balaban J connectivity index is 1.76. The van der Waals surface area contributed by atoms with E-state index < -0.39 is 6.09 Å². The summed E-state index contributed by atoms with van der Waals surface area (Å²) in [6.07, 6.45) is 5.73. The lowest BCUT2D eigenvalue weighted by Gasteiger charge is -2.32. The van der Waals surface area contributed by atoms with Crippen molar-refractivity contribution in [2.24, 2.45) is 10.7 Å². The number of ether oxygens (including phenoxy) is 1. The zero-order chi connectivity index (χ0) is 12.1. The fraction of sp³-hybridized carbons (Fsp3) is 0.818. The van der Waals surface area contributed by atoms with E-state index in [1.54, 1.807) is 11.8 Å². The van der Waals surface area contributed by atoms with Crippen LogP contribution in [-0.4, -0.2) is 35.7 Å². The summed E-state index contributed by atoms with van der Waals surface area (Å²) >= 11 is 1.77. The molecule has 0 unspecified atom stereocenters. The minimum absolute atomic E-state index is 0.258. The van der Waals surface area contributed by atoms with Gasteiger partial charge in [0.15, 0.2) is 5.17 Å². The summed E-state index contributed by atoms with van der Waals surface area (Å²) in [4.78, 5) is 14.7. The second-order valence-electron chi connectivity index (χ2n) is 4.61. The first-order valence-corrected chi connectivity index (χ1v) is 7.06. The van der Waals surface area contributed by atoms with E-state index in [2.05, 4.69) is 15.0 Å². The normalized spacial score (nSPS) is 24.8. The Bertz CT molecular complexity index is 314. The second-order valence-corrected chi connectivity index (χ2v) is 5.57. The number of carbonyl (C=O) groups excluding carboxylic acids is 1. The minimum atomic E-state index is -0.735. The monoisotopic (exact) mass is 257 g/mol. The molecule has 0 aromatic carbocycles. The lowest BCUT2D eigenvalue weighted by Crippen LogP contribution is -2.45. The van der Waals surface area contributed by atoms with Gasteiger partial charge in [0.2, 0.25) is 0 Å². The van der Waals surface area contributed by atoms with Crippen LogP contribution in [0.5, 0.6) is 0 Å². The van der Waals surface area contributed by atoms with E-state index in [-0.39, 0.29) is 12.1 Å². The van der Waals surface area contributed by atoms with Crippen molar-refractivity contribution in [2.45, 2.75) is 37.6 Å². The highest BCUT2D eigenvalue weighted by molar-refractivity contribution is 8.14. The number of carbonyl (C=O) groups is 1. The molecule has 3 N–H and O–H groups in total. The number of nitrogens with two attached hydrogens (primary N) is 1. The summed E-state index contributed by atoms with van der Waals surface area (Å²) in [5, 5.41) is 4.52. The molecule has 1 heterocycles. The average Bonchev–Trinajstić information content (AvgIpc) is 2.69. The van der Waals surface area contributed by atoms with Gasteiger partial charge in [-0.15, -0.1) is 0 Å². The zero-order valence-electron chi connectivity index (χ0n) is 9.91. The van der Waals surface area contributed by atoms with Gasteiger partial charge in [-0.05, 0) is 12.8 Å². The van der Waals surface area contributed by atoms with Crippen LogP contribution in [0.4, 0.5) is 4.79 Å². The van der Waals surface area contributed by atoms with E-state index in [0.717, 1.165) is 10.9 Å². The SMILES string of the molecule is NC(=O)OCCN=C1NC2(CCCCC2)CS1. The molecule has 1 spiro atoms. The van der Waals surface area contributed by atoms with Gasteiger partial charge in [-0.1, -0.05) is 31.0 Å². The standard InChI is InChI=1S/C11H19N3O2S/c12-9(15)16-7-6-13-10-14-11(8-17-10)4-2-1-3-5-11/h1-8H2,(H2,12,15)(H,13,14). The van der Waals surface area contributed by atoms with E-state index in [1.807, 2.05) is 0 Å². The molecule has 5 nitrogen and oxygen atoms in total. The van der Waals surface area contributed by atoms with Crippen LogP contribution in [0.15, 0.2) is 4.99 Å². The molecule has 6 heteroatoms. The molecule has 2 fully saturated rings. The maximum atomic E-state index is 10.4. The Morgan fingerprint density at radius 1 is 1.47 bits per heavy atom. The van der Waals surface area contributed by atoms with E-state index >= 15 is 0 Å². The maximum absolute atomic E-state index is 10.4. The van der Waals surface area contributed by atoms with Crippen LogP contribution in [0.1, 0.15) is 32.1 Å². The van der Waals surface area contributed by atoms with Crippen LogP contribution in [0.3, 0.4) is 0 Å². The van der Waals surface area contributed by atoms with Gasteiger partial charge in [-0.3, -0.25) is 4.99 Å². The van der Waals surface area contributed by atoms with Crippen molar-refractivity contribution in [1.29, 1.82) is 0 Å². The van der Waals surface area contributed by atoms with E-state index in [1.165, 1.54) is 32.1 Å². The number of aliphatic imine (C=N–C) groups is 1. The van der Waals surface area contributed by atoms with E-state index in [0.29, 0.717) is 6.54 Å². The molecule has 0 aromatic heterocycles. The van der Waals surface area contributed by atoms with Gasteiger partial charge >= 0.3 is 6.09 Å². The van der Waals surface area contributed by atoms with Crippen molar-refractivity contribution < 1.29 is 9.53 Å². The summed E-state index contributed by atoms with van der Waals surface area (Å²) in [5.74, 6) is 1.11. The maximum Gasteiger partial charge on any atom is 0.404 e. The summed E-state index contributed by atoms with van der Waals surface area (Å²) in [7, 11) is 0. The molecule has 1 saturated heterocycles. The van der Waals surface area contributed by atoms with Crippen LogP contribution in [0.25, 0.3) is 0 Å². The third kappa shape index (κ3) is 3.52. The van der Waals surface area contributed by atoms with Gasteiger partial charge in [-0.2, -0.15) is 0 Å². The molecule has 0 bridgehead atoms. The van der Waals surface area contributed by atoms with Crippen molar-refractivity contribution in [1.82, 2.24) is 5.32 Å². The molecule has 1 aliphatic heterocycles. The van der Waals surface area contributed by atoms with Gasteiger partial charge in [0, 0.05) is 11.3 Å². The largest absolute Gasteiger partial charge is 0.448 e. The molecule has 1 saturated carbocycles. The van der Waals surface area contributed by atoms with Gasteiger partial charge in [-0.25, -0.2) is 4.79 Å². The first-order chi connectivity index (χ1) is 8.20. The van der Waals surface area contributed by atoms with Crippen LogP contribution in [0, 0.1) is 0 Å². The summed E-state index contributed by atoms with van der Waals surface area (Å²) in [6.45, 7) is 0.739. The van der Waals surface area contributed by atoms with Crippen LogP contribution >= 0.6 is 11.8 Å². The molecule has 0 radical (unpaired) electrons. The number of hydrogen-bond donors (Lipinski definition) is 2. The number of nitrogens with zero attached hydrogens (tertiary/aromatic N) is 1. The van der Waals surface area contributed by atoms with E-state index in [9.17, 15) is 4.79 Å². The third-order valence-electron chi connectivity index (χ3n) is 3.26. The highest BCUT2D eigenvalue weighted by Crippen LogP contribution is 2.35. The van der Waals surface area contributed by atoms with Gasteiger partial charge in [0.05, 0.1) is 6.54 Å². The molecule has 2 aliphatic rings. The molecule has 2 rings (SSSR count). The fourth-order valence-corrected chi connectivity index (χ4v) is 3.63. The fourth-order valence-electron chi connectivity index (χ4n) is 2.38. The number of hydrogen-bond acceptors (Lipinski definition) is 4. The number of amidine groups is 1. The molecular weight excluding hydrogens is 238 g/mol. The quantitative estimate of drug-likeness (QED) is 0.751. The molecule has 1 amide bonds. The Morgan fingerprint density at radius 3 is 2.94 bits per heavy atom. The molecule has 0 aromatic rings. The summed E-state index contributed by atoms with van der Waals surface area (Å²) in [6, 6.07) is 0. The molecule has 17 heavy (non-hydrogen) atoms. The van der Waals surface area contributed by atoms with Crippen LogP contribution in [0.2, 0.25) is 0 Å². The Morgan fingerprint density at radius 2 is 2.24 bits per heavy atom. The summed E-state index contributed by atoms with van der Waals surface area (Å²) < 4.78 is 4.63. The first-order valence-electron chi connectivity index (χ1n) is 6.08. The molecule has 96 valence electrons. The highest BCUT2D eigenvalue weighted by Gasteiger charge is 2.37. The predicted octanol–water partition coefficient (Wildman–Crippen LogP) is 1.48. The average molecular weight is 257 g/mol. The van der Waals surface area contributed by atoms with Gasteiger partial charge in [0.25, 0.3) is 0 Å². The number of nitrogens with one attached hydrogen (secondary N) is 1. The first kappa shape index (κ1) is 12.5. The van der Waals surface area contributed by atoms with Crippen molar-refractivity contribution in [3.05, 3.63) is 0 Å². The minimum Gasteiger partial charge on any atom is -0.448 e. The predicted molar refractivity (Wildman–Crippen MR) is 69.2 cm³/mol. The molecule has 0 atom stereocenters. The van der Waals surface area contributed by atoms with Crippen LogP contribution in [-0.2, 0) is 4.74 Å². The van der Waals surface area contributed by atoms with Gasteiger partial charge < -0.3 is 15.8 Å². The van der Waals surface area contributed by atoms with Gasteiger partial charge in [0.1, 0.15) is 6.61 Å². The van der Waals surface area contributed by atoms with Crippen LogP contribution < -0.4 is 11.1 Å². The topological polar surface area (TPSA) is 76.7 Å². The Labute approximate surface area is 106 Å². The number of primary amides is 1. The smallest absolute Gasteiger partial charge is 0.404 e. The van der Waals surface area contributed by atoms with Crippen molar-refractivity contribution in [2.75, 3.05) is 18.9 Å². The zero-order valence-corrected chi connectivity index (χ0v) is 10.7.